The zero-order valence-electron chi connectivity index (χ0n) is 9.93. The first kappa shape index (κ1) is 14.2. The van der Waals surface area contributed by atoms with Gasteiger partial charge in [-0.1, -0.05) is 12.2 Å². The summed E-state index contributed by atoms with van der Waals surface area (Å²) >= 11 is 4.58. The van der Waals surface area contributed by atoms with Crippen molar-refractivity contribution >= 4 is 29.0 Å². The van der Waals surface area contributed by atoms with E-state index >= 15 is 0 Å². The summed E-state index contributed by atoms with van der Waals surface area (Å²) in [4.78, 5) is 22.9. The summed E-state index contributed by atoms with van der Waals surface area (Å²) in [6.07, 6.45) is 2.07. The standard InChI is InChI=1S/C11H15N3O3S/c1-7(5-8-3-2-4-17-8)14-11(16)10(15)13-6-9(12)18/h2-4,7H,5-6H2,1H3,(H2,12,18)(H,13,15)(H,14,16). The molecule has 1 aromatic rings. The summed E-state index contributed by atoms with van der Waals surface area (Å²) in [5.41, 5.74) is 5.21. The molecule has 1 heterocycles. The van der Waals surface area contributed by atoms with E-state index in [1.807, 2.05) is 0 Å². The Bertz CT molecular complexity index is 431. The van der Waals surface area contributed by atoms with Crippen molar-refractivity contribution < 1.29 is 14.0 Å². The van der Waals surface area contributed by atoms with Crippen molar-refractivity contribution in [3.05, 3.63) is 24.2 Å². The van der Waals surface area contributed by atoms with Crippen molar-refractivity contribution in [3.63, 3.8) is 0 Å². The van der Waals surface area contributed by atoms with Gasteiger partial charge in [-0.2, -0.15) is 0 Å². The maximum atomic E-state index is 11.5. The van der Waals surface area contributed by atoms with E-state index in [-0.39, 0.29) is 17.6 Å². The van der Waals surface area contributed by atoms with Gasteiger partial charge in [0.05, 0.1) is 17.8 Å². The first-order valence-corrected chi connectivity index (χ1v) is 5.79. The van der Waals surface area contributed by atoms with Crippen LogP contribution >= 0.6 is 12.2 Å². The Hall–Kier alpha value is -1.89. The van der Waals surface area contributed by atoms with E-state index in [9.17, 15) is 9.59 Å². The third-order valence-corrected chi connectivity index (χ3v) is 2.24. The first-order chi connectivity index (χ1) is 8.49. The van der Waals surface area contributed by atoms with E-state index in [0.717, 1.165) is 5.76 Å². The third-order valence-electron chi connectivity index (χ3n) is 2.09. The fourth-order valence-electron chi connectivity index (χ4n) is 1.32. The summed E-state index contributed by atoms with van der Waals surface area (Å²) in [5.74, 6) is -0.731. The summed E-state index contributed by atoms with van der Waals surface area (Å²) in [5, 5.41) is 4.85. The molecule has 0 saturated carbocycles. The minimum atomic E-state index is -0.755. The van der Waals surface area contributed by atoms with Gasteiger partial charge in [-0.25, -0.2) is 0 Å². The van der Waals surface area contributed by atoms with Crippen LogP contribution in [-0.4, -0.2) is 29.4 Å². The number of carbonyl (C=O) groups excluding carboxylic acids is 2. The minimum Gasteiger partial charge on any atom is -0.469 e. The van der Waals surface area contributed by atoms with Gasteiger partial charge in [0.25, 0.3) is 0 Å². The van der Waals surface area contributed by atoms with E-state index < -0.39 is 11.8 Å². The van der Waals surface area contributed by atoms with Gasteiger partial charge >= 0.3 is 11.8 Å². The second-order valence-electron chi connectivity index (χ2n) is 3.81. The van der Waals surface area contributed by atoms with Crippen LogP contribution in [0.15, 0.2) is 22.8 Å². The van der Waals surface area contributed by atoms with Gasteiger partial charge in [-0.05, 0) is 19.1 Å². The summed E-state index contributed by atoms with van der Waals surface area (Å²) in [7, 11) is 0. The molecule has 1 atom stereocenters. The molecule has 4 N–H and O–H groups in total. The number of nitrogens with two attached hydrogens (primary N) is 1. The molecule has 0 aromatic carbocycles. The molecule has 1 aromatic heterocycles. The zero-order chi connectivity index (χ0) is 13.5. The Kier molecular flexibility index (Phi) is 5.31. The Morgan fingerprint density at radius 2 is 2.22 bits per heavy atom. The molecule has 0 fully saturated rings. The predicted octanol–water partition coefficient (Wildman–Crippen LogP) is -0.271. The van der Waals surface area contributed by atoms with Gasteiger partial charge in [0.15, 0.2) is 0 Å². The lowest BCUT2D eigenvalue weighted by Gasteiger charge is -2.12. The van der Waals surface area contributed by atoms with Crippen molar-refractivity contribution in [2.24, 2.45) is 5.73 Å². The van der Waals surface area contributed by atoms with E-state index in [0.29, 0.717) is 6.42 Å². The van der Waals surface area contributed by atoms with Gasteiger partial charge in [0.2, 0.25) is 0 Å². The number of carbonyl (C=O) groups is 2. The number of nitrogens with one attached hydrogen (secondary N) is 2. The molecule has 2 amide bonds. The van der Waals surface area contributed by atoms with Crippen LogP contribution in [-0.2, 0) is 16.0 Å². The zero-order valence-corrected chi connectivity index (χ0v) is 10.8. The van der Waals surface area contributed by atoms with Gasteiger partial charge < -0.3 is 20.8 Å². The smallest absolute Gasteiger partial charge is 0.309 e. The average Bonchev–Trinajstić information content (AvgIpc) is 2.78. The second-order valence-corrected chi connectivity index (χ2v) is 4.33. The van der Waals surface area contributed by atoms with E-state index in [2.05, 4.69) is 22.9 Å². The Balaban J connectivity index is 2.34. The molecular formula is C11H15N3O3S. The van der Waals surface area contributed by atoms with Gasteiger partial charge in [0.1, 0.15) is 5.76 Å². The summed E-state index contributed by atoms with van der Waals surface area (Å²) < 4.78 is 5.14. The van der Waals surface area contributed by atoms with E-state index in [1.165, 1.54) is 0 Å². The molecule has 0 aliphatic heterocycles. The van der Waals surface area contributed by atoms with E-state index in [4.69, 9.17) is 10.2 Å². The molecule has 0 aliphatic rings. The quantitative estimate of drug-likeness (QED) is 0.505. The molecule has 98 valence electrons. The lowest BCUT2D eigenvalue weighted by molar-refractivity contribution is -0.139. The number of thiocarbonyl (C=S) groups is 1. The molecule has 6 nitrogen and oxygen atoms in total. The SMILES string of the molecule is CC(Cc1ccco1)NC(=O)C(=O)NCC(N)=S. The average molecular weight is 269 g/mol. The maximum Gasteiger partial charge on any atom is 0.309 e. The molecule has 0 aliphatic carbocycles. The first-order valence-electron chi connectivity index (χ1n) is 5.38. The molecule has 0 saturated heterocycles. The molecular weight excluding hydrogens is 254 g/mol. The molecule has 0 spiro atoms. The highest BCUT2D eigenvalue weighted by molar-refractivity contribution is 7.80. The number of hydrogen-bond donors (Lipinski definition) is 3. The van der Waals surface area contributed by atoms with Crippen LogP contribution in [0.2, 0.25) is 0 Å². The van der Waals surface area contributed by atoms with Crippen molar-refractivity contribution in [1.82, 2.24) is 10.6 Å². The van der Waals surface area contributed by atoms with Crippen molar-refractivity contribution in [2.75, 3.05) is 6.54 Å². The highest BCUT2D eigenvalue weighted by atomic mass is 32.1. The summed E-state index contributed by atoms with van der Waals surface area (Å²) in [6, 6.07) is 3.35. The fourth-order valence-corrected chi connectivity index (χ4v) is 1.39. The highest BCUT2D eigenvalue weighted by Gasteiger charge is 2.16. The molecule has 18 heavy (non-hydrogen) atoms. The molecule has 1 unspecified atom stereocenters. The van der Waals surface area contributed by atoms with Crippen LogP contribution in [0.4, 0.5) is 0 Å². The van der Waals surface area contributed by atoms with Crippen molar-refractivity contribution in [3.8, 4) is 0 Å². The number of rotatable bonds is 5. The number of hydrogen-bond acceptors (Lipinski definition) is 4. The molecule has 7 heteroatoms. The van der Waals surface area contributed by atoms with Gasteiger partial charge in [-0.3, -0.25) is 9.59 Å². The topological polar surface area (TPSA) is 97.4 Å². The number of furan rings is 1. The molecule has 1 rings (SSSR count). The monoisotopic (exact) mass is 269 g/mol. The van der Waals surface area contributed by atoms with Crippen LogP contribution in [0.25, 0.3) is 0 Å². The molecule has 0 bridgehead atoms. The van der Waals surface area contributed by atoms with Crippen molar-refractivity contribution in [2.45, 2.75) is 19.4 Å². The van der Waals surface area contributed by atoms with Crippen LogP contribution < -0.4 is 16.4 Å². The van der Waals surface area contributed by atoms with E-state index in [1.54, 1.807) is 25.3 Å². The summed E-state index contributed by atoms with van der Waals surface area (Å²) in [6.45, 7) is 1.79. The van der Waals surface area contributed by atoms with Gasteiger partial charge in [-0.15, -0.1) is 0 Å². The second kappa shape index (κ2) is 6.75. The van der Waals surface area contributed by atoms with Crippen molar-refractivity contribution in [1.29, 1.82) is 0 Å². The number of amides is 2. The predicted molar refractivity (Wildman–Crippen MR) is 69.8 cm³/mol. The lowest BCUT2D eigenvalue weighted by atomic mass is 10.2. The lowest BCUT2D eigenvalue weighted by Crippen LogP contribution is -2.46. The minimum absolute atomic E-state index is 0.00809. The normalized spacial score (nSPS) is 11.6. The maximum absolute atomic E-state index is 11.5. The largest absolute Gasteiger partial charge is 0.469 e. The Morgan fingerprint density at radius 1 is 1.50 bits per heavy atom. The molecule has 0 radical (unpaired) electrons. The van der Waals surface area contributed by atoms with Crippen LogP contribution in [0.3, 0.4) is 0 Å². The van der Waals surface area contributed by atoms with Crippen LogP contribution in [0.1, 0.15) is 12.7 Å². The Labute approximate surface area is 110 Å². The highest BCUT2D eigenvalue weighted by Crippen LogP contribution is 2.03. The van der Waals surface area contributed by atoms with Gasteiger partial charge in [0, 0.05) is 12.5 Å². The fraction of sp³-hybridized carbons (Fsp3) is 0.364. The van der Waals surface area contributed by atoms with Crippen LogP contribution in [0, 0.1) is 0 Å². The Morgan fingerprint density at radius 3 is 2.78 bits per heavy atom. The van der Waals surface area contributed by atoms with Crippen LogP contribution in [0.5, 0.6) is 0 Å². The third kappa shape index (κ3) is 4.96.